The van der Waals surface area contributed by atoms with Gasteiger partial charge in [-0.3, -0.25) is 9.69 Å². The molecule has 2 aromatic rings. The summed E-state index contributed by atoms with van der Waals surface area (Å²) in [6, 6.07) is 9.18. The number of thiocarbonyl (C=S) groups is 1. The number of halogens is 2. The highest BCUT2D eigenvalue weighted by atomic mass is 79.9. The summed E-state index contributed by atoms with van der Waals surface area (Å²) in [6.45, 7) is 0. The van der Waals surface area contributed by atoms with Gasteiger partial charge in [0, 0.05) is 4.47 Å². The van der Waals surface area contributed by atoms with Gasteiger partial charge >= 0.3 is 0 Å². The Bertz CT molecular complexity index is 915. The van der Waals surface area contributed by atoms with Gasteiger partial charge < -0.3 is 9.47 Å². The van der Waals surface area contributed by atoms with Gasteiger partial charge in [0.25, 0.3) is 5.91 Å². The van der Waals surface area contributed by atoms with Crippen LogP contribution in [0.25, 0.3) is 6.08 Å². The highest BCUT2D eigenvalue weighted by Gasteiger charge is 2.33. The first-order chi connectivity index (χ1) is 12.4. The molecule has 0 spiro atoms. The number of carbonyl (C=O) groups excluding carboxylic acids is 1. The molecular formula is C18H13BrFNO3S2. The Morgan fingerprint density at radius 2 is 1.77 bits per heavy atom. The van der Waals surface area contributed by atoms with Crippen molar-refractivity contribution in [1.82, 2.24) is 0 Å². The number of carbonyl (C=O) groups is 1. The van der Waals surface area contributed by atoms with E-state index in [0.717, 1.165) is 10.0 Å². The number of anilines is 1. The molecule has 0 aliphatic carbocycles. The lowest BCUT2D eigenvalue weighted by Gasteiger charge is -2.14. The van der Waals surface area contributed by atoms with Gasteiger partial charge in [0.2, 0.25) is 0 Å². The molecule has 3 rings (SSSR count). The predicted molar refractivity (Wildman–Crippen MR) is 109 cm³/mol. The smallest absolute Gasteiger partial charge is 0.270 e. The minimum atomic E-state index is -0.371. The number of amides is 1. The zero-order valence-corrected chi connectivity index (χ0v) is 17.0. The van der Waals surface area contributed by atoms with Crippen LogP contribution >= 0.6 is 39.9 Å². The van der Waals surface area contributed by atoms with Crippen molar-refractivity contribution in [3.63, 3.8) is 0 Å². The third-order valence-electron chi connectivity index (χ3n) is 3.67. The van der Waals surface area contributed by atoms with E-state index >= 15 is 0 Å². The molecule has 134 valence electrons. The second kappa shape index (κ2) is 7.77. The number of ether oxygens (including phenoxy) is 2. The maximum atomic E-state index is 13.1. The Morgan fingerprint density at radius 3 is 2.38 bits per heavy atom. The van der Waals surface area contributed by atoms with Crippen LogP contribution in [-0.2, 0) is 4.79 Å². The van der Waals surface area contributed by atoms with Crippen LogP contribution in [0, 0.1) is 5.82 Å². The molecular weight excluding hydrogens is 441 g/mol. The van der Waals surface area contributed by atoms with E-state index in [1.807, 2.05) is 0 Å². The van der Waals surface area contributed by atoms with Crippen molar-refractivity contribution in [3.05, 3.63) is 57.2 Å². The lowest BCUT2D eigenvalue weighted by Crippen LogP contribution is -2.27. The Labute approximate surface area is 168 Å². The summed E-state index contributed by atoms with van der Waals surface area (Å²) in [5.41, 5.74) is 1.28. The SMILES string of the molecule is COc1cc(Br)c(/C=C2\SC(=S)N(c3ccc(F)cc3)C2=O)cc1OC. The van der Waals surface area contributed by atoms with E-state index < -0.39 is 0 Å². The Morgan fingerprint density at radius 1 is 1.15 bits per heavy atom. The number of nitrogens with zero attached hydrogens (tertiary/aromatic N) is 1. The fraction of sp³-hybridized carbons (Fsp3) is 0.111. The van der Waals surface area contributed by atoms with Crippen molar-refractivity contribution in [2.45, 2.75) is 0 Å². The fourth-order valence-electron chi connectivity index (χ4n) is 2.40. The van der Waals surface area contributed by atoms with Crippen LogP contribution in [0.5, 0.6) is 11.5 Å². The number of rotatable bonds is 4. The van der Waals surface area contributed by atoms with Gasteiger partial charge in [-0.25, -0.2) is 4.39 Å². The number of thioether (sulfide) groups is 1. The van der Waals surface area contributed by atoms with E-state index in [4.69, 9.17) is 21.7 Å². The Hall–Kier alpha value is -1.90. The van der Waals surface area contributed by atoms with Gasteiger partial charge in [-0.2, -0.15) is 0 Å². The van der Waals surface area contributed by atoms with Gasteiger partial charge in [0.15, 0.2) is 15.8 Å². The Kier molecular flexibility index (Phi) is 5.64. The topological polar surface area (TPSA) is 38.8 Å². The maximum Gasteiger partial charge on any atom is 0.270 e. The fourth-order valence-corrected chi connectivity index (χ4v) is 4.13. The average molecular weight is 454 g/mol. The number of hydrogen-bond acceptors (Lipinski definition) is 5. The highest BCUT2D eigenvalue weighted by Crippen LogP contribution is 2.39. The lowest BCUT2D eigenvalue weighted by atomic mass is 10.1. The van der Waals surface area contributed by atoms with Crippen LogP contribution in [0.4, 0.5) is 10.1 Å². The molecule has 0 aromatic heterocycles. The van der Waals surface area contributed by atoms with Crippen LogP contribution in [0.3, 0.4) is 0 Å². The van der Waals surface area contributed by atoms with E-state index in [1.165, 1.54) is 40.9 Å². The first-order valence-electron chi connectivity index (χ1n) is 7.39. The van der Waals surface area contributed by atoms with Crippen molar-refractivity contribution in [1.29, 1.82) is 0 Å². The molecule has 1 saturated heterocycles. The van der Waals surface area contributed by atoms with Gasteiger partial charge in [-0.05, 0) is 48.0 Å². The lowest BCUT2D eigenvalue weighted by molar-refractivity contribution is -0.113. The molecule has 0 bridgehead atoms. The number of methoxy groups -OCH3 is 2. The summed E-state index contributed by atoms with van der Waals surface area (Å²) in [7, 11) is 3.10. The summed E-state index contributed by atoms with van der Waals surface area (Å²) < 4.78 is 24.8. The minimum absolute atomic E-state index is 0.256. The summed E-state index contributed by atoms with van der Waals surface area (Å²) in [4.78, 5) is 14.6. The van der Waals surface area contributed by atoms with Gasteiger partial charge in [-0.15, -0.1) is 0 Å². The first-order valence-corrected chi connectivity index (χ1v) is 9.41. The largest absolute Gasteiger partial charge is 0.493 e. The van der Waals surface area contributed by atoms with Gasteiger partial charge in [0.05, 0.1) is 24.8 Å². The molecule has 0 N–H and O–H groups in total. The van der Waals surface area contributed by atoms with Crippen molar-refractivity contribution < 1.29 is 18.7 Å². The molecule has 4 nitrogen and oxygen atoms in total. The third kappa shape index (κ3) is 3.62. The van der Waals surface area contributed by atoms with Gasteiger partial charge in [0.1, 0.15) is 5.82 Å². The molecule has 8 heteroatoms. The van der Waals surface area contributed by atoms with Crippen LogP contribution in [0.2, 0.25) is 0 Å². The van der Waals surface area contributed by atoms with Crippen molar-refractivity contribution in [2.24, 2.45) is 0 Å². The molecule has 0 radical (unpaired) electrons. The quantitative estimate of drug-likeness (QED) is 0.480. The van der Waals surface area contributed by atoms with Gasteiger partial charge in [-0.1, -0.05) is 39.9 Å². The van der Waals surface area contributed by atoms with E-state index in [0.29, 0.717) is 26.4 Å². The van der Waals surface area contributed by atoms with E-state index in [1.54, 1.807) is 32.4 Å². The van der Waals surface area contributed by atoms with E-state index in [9.17, 15) is 9.18 Å². The second-order valence-electron chi connectivity index (χ2n) is 5.22. The standard InChI is InChI=1S/C18H13BrFNO3S2/c1-23-14-7-10(13(19)9-15(14)24-2)8-16-17(22)21(18(25)26-16)12-5-3-11(20)4-6-12/h3-9H,1-2H3/b16-8-. The second-order valence-corrected chi connectivity index (χ2v) is 7.75. The zero-order valence-electron chi connectivity index (χ0n) is 13.8. The molecule has 1 aliphatic rings. The monoisotopic (exact) mass is 453 g/mol. The van der Waals surface area contributed by atoms with E-state index in [-0.39, 0.29) is 11.7 Å². The number of hydrogen-bond donors (Lipinski definition) is 0. The summed E-state index contributed by atoms with van der Waals surface area (Å²) >= 11 is 9.99. The minimum Gasteiger partial charge on any atom is -0.493 e. The molecule has 1 amide bonds. The third-order valence-corrected chi connectivity index (χ3v) is 5.66. The molecule has 2 aromatic carbocycles. The average Bonchev–Trinajstić information content (AvgIpc) is 2.90. The molecule has 1 heterocycles. The van der Waals surface area contributed by atoms with Crippen LogP contribution < -0.4 is 14.4 Å². The van der Waals surface area contributed by atoms with Crippen molar-refractivity contribution >= 4 is 61.9 Å². The van der Waals surface area contributed by atoms with Crippen LogP contribution in [0.1, 0.15) is 5.56 Å². The number of benzene rings is 2. The predicted octanol–water partition coefficient (Wildman–Crippen LogP) is 5.01. The molecule has 0 unspecified atom stereocenters. The molecule has 1 fully saturated rings. The van der Waals surface area contributed by atoms with Crippen LogP contribution in [0.15, 0.2) is 45.8 Å². The highest BCUT2D eigenvalue weighted by molar-refractivity contribution is 9.10. The molecule has 1 aliphatic heterocycles. The normalized spacial score (nSPS) is 15.7. The molecule has 0 saturated carbocycles. The van der Waals surface area contributed by atoms with Crippen LogP contribution in [-0.4, -0.2) is 24.4 Å². The zero-order chi connectivity index (χ0) is 18.8. The molecule has 26 heavy (non-hydrogen) atoms. The maximum absolute atomic E-state index is 13.1. The summed E-state index contributed by atoms with van der Waals surface area (Å²) in [5, 5.41) is 0. The van der Waals surface area contributed by atoms with E-state index in [2.05, 4.69) is 15.9 Å². The van der Waals surface area contributed by atoms with Crippen molar-refractivity contribution in [3.8, 4) is 11.5 Å². The summed E-state index contributed by atoms with van der Waals surface area (Å²) in [5.74, 6) is 0.503. The van der Waals surface area contributed by atoms with Crippen molar-refractivity contribution in [2.75, 3.05) is 19.1 Å². The Balaban J connectivity index is 1.97. The molecule has 0 atom stereocenters. The summed E-state index contributed by atoms with van der Waals surface area (Å²) in [6.07, 6.45) is 1.73. The first kappa shape index (κ1) is 18.9.